The van der Waals surface area contributed by atoms with Gasteiger partial charge in [0.1, 0.15) is 12.6 Å². The molecule has 1 amide bonds. The number of nitrogens with one attached hydrogen (secondary N) is 1. The van der Waals surface area contributed by atoms with Gasteiger partial charge in [-0.05, 0) is 24.3 Å². The molecule has 0 heterocycles. The smallest absolute Gasteiger partial charge is 0.408 e. The number of amides is 1. The molecule has 1 aliphatic rings. The van der Waals surface area contributed by atoms with E-state index in [0.717, 1.165) is 0 Å². The summed E-state index contributed by atoms with van der Waals surface area (Å²) in [7, 11) is 0. The molecular weight excluding hydrogens is 315 g/mol. The predicted molar refractivity (Wildman–Crippen MR) is 73.5 cm³/mol. The van der Waals surface area contributed by atoms with Gasteiger partial charge in [-0.15, -0.1) is 0 Å². The second-order valence-corrected chi connectivity index (χ2v) is 5.48. The van der Waals surface area contributed by atoms with Gasteiger partial charge < -0.3 is 15.2 Å². The Morgan fingerprint density at radius 1 is 1.30 bits per heavy atom. The highest BCUT2D eigenvalue weighted by Crippen LogP contribution is 2.52. The molecule has 0 spiro atoms. The average molecular weight is 331 g/mol. The molecule has 0 aliphatic heterocycles. The molecule has 1 aromatic rings. The van der Waals surface area contributed by atoms with E-state index in [1.54, 1.807) is 30.3 Å². The van der Waals surface area contributed by atoms with E-state index in [4.69, 9.17) is 9.84 Å². The van der Waals surface area contributed by atoms with Crippen molar-refractivity contribution in [2.45, 2.75) is 31.7 Å². The van der Waals surface area contributed by atoms with Crippen LogP contribution in [-0.2, 0) is 16.1 Å². The molecule has 1 fully saturated rings. The van der Waals surface area contributed by atoms with Crippen LogP contribution >= 0.6 is 0 Å². The highest BCUT2D eigenvalue weighted by atomic mass is 19.4. The van der Waals surface area contributed by atoms with Gasteiger partial charge in [0.2, 0.25) is 0 Å². The maximum absolute atomic E-state index is 12.5. The Morgan fingerprint density at radius 2 is 1.96 bits per heavy atom. The molecule has 23 heavy (non-hydrogen) atoms. The van der Waals surface area contributed by atoms with Crippen molar-refractivity contribution >= 4 is 12.1 Å². The van der Waals surface area contributed by atoms with Crippen molar-refractivity contribution in [1.29, 1.82) is 0 Å². The zero-order chi connectivity index (χ0) is 17.0. The Balaban J connectivity index is 1.80. The molecule has 8 heteroatoms. The first-order valence-electron chi connectivity index (χ1n) is 7.04. The Kier molecular flexibility index (Phi) is 5.12. The van der Waals surface area contributed by atoms with Crippen LogP contribution in [-0.4, -0.2) is 29.4 Å². The van der Waals surface area contributed by atoms with Crippen LogP contribution in [0.1, 0.15) is 18.4 Å². The van der Waals surface area contributed by atoms with Crippen molar-refractivity contribution in [1.82, 2.24) is 5.32 Å². The molecule has 2 N–H and O–H groups in total. The summed E-state index contributed by atoms with van der Waals surface area (Å²) >= 11 is 0. The number of carbonyl (C=O) groups is 2. The van der Waals surface area contributed by atoms with Crippen molar-refractivity contribution < 1.29 is 32.6 Å². The number of benzene rings is 1. The van der Waals surface area contributed by atoms with Crippen molar-refractivity contribution in [3.63, 3.8) is 0 Å². The van der Waals surface area contributed by atoms with E-state index in [0.29, 0.717) is 5.56 Å². The Labute approximate surface area is 130 Å². The van der Waals surface area contributed by atoms with Crippen LogP contribution in [0.2, 0.25) is 0 Å². The highest BCUT2D eigenvalue weighted by Gasteiger charge is 2.56. The van der Waals surface area contributed by atoms with Crippen molar-refractivity contribution in [2.24, 2.45) is 11.8 Å². The van der Waals surface area contributed by atoms with Crippen LogP contribution in [0.15, 0.2) is 30.3 Å². The molecule has 0 aromatic heterocycles. The van der Waals surface area contributed by atoms with Crippen LogP contribution in [0.4, 0.5) is 18.0 Å². The third kappa shape index (κ3) is 5.15. The summed E-state index contributed by atoms with van der Waals surface area (Å²) in [6.45, 7) is -0.0480. The van der Waals surface area contributed by atoms with E-state index in [-0.39, 0.29) is 19.4 Å². The van der Waals surface area contributed by atoms with Gasteiger partial charge in [-0.2, -0.15) is 13.2 Å². The molecule has 0 saturated heterocycles. The fourth-order valence-electron chi connectivity index (χ4n) is 2.34. The fourth-order valence-corrected chi connectivity index (χ4v) is 2.34. The second kappa shape index (κ2) is 6.89. The second-order valence-electron chi connectivity index (χ2n) is 5.48. The minimum absolute atomic E-state index is 0.0480. The van der Waals surface area contributed by atoms with Gasteiger partial charge in [0.15, 0.2) is 0 Å². The molecule has 1 aliphatic carbocycles. The lowest BCUT2D eigenvalue weighted by Gasteiger charge is -2.15. The maximum atomic E-state index is 12.5. The molecular formula is C15H16F3NO4. The van der Waals surface area contributed by atoms with Gasteiger partial charge in [0.05, 0.1) is 5.92 Å². The van der Waals surface area contributed by atoms with Crippen molar-refractivity contribution in [3.8, 4) is 0 Å². The van der Waals surface area contributed by atoms with E-state index in [2.05, 4.69) is 5.32 Å². The van der Waals surface area contributed by atoms with E-state index in [1.165, 1.54) is 0 Å². The third-order valence-corrected chi connectivity index (χ3v) is 3.68. The van der Waals surface area contributed by atoms with Crippen molar-refractivity contribution in [2.75, 3.05) is 0 Å². The number of carboxylic acids is 1. The minimum atomic E-state index is -4.32. The summed E-state index contributed by atoms with van der Waals surface area (Å²) in [6, 6.07) is 7.34. The van der Waals surface area contributed by atoms with Crippen molar-refractivity contribution in [3.05, 3.63) is 35.9 Å². The molecule has 0 radical (unpaired) electrons. The molecule has 3 atom stereocenters. The molecule has 0 bridgehead atoms. The lowest BCUT2D eigenvalue weighted by atomic mass is 10.1. The zero-order valence-corrected chi connectivity index (χ0v) is 12.0. The van der Waals surface area contributed by atoms with Gasteiger partial charge >= 0.3 is 18.2 Å². The molecule has 5 nitrogen and oxygen atoms in total. The summed E-state index contributed by atoms with van der Waals surface area (Å²) in [5.74, 6) is -3.63. The van der Waals surface area contributed by atoms with Crippen LogP contribution in [0.25, 0.3) is 0 Å². The number of carbonyl (C=O) groups excluding carboxylic acids is 1. The first-order chi connectivity index (χ1) is 10.8. The molecule has 1 saturated carbocycles. The summed E-state index contributed by atoms with van der Waals surface area (Å²) in [5.41, 5.74) is 0.717. The first kappa shape index (κ1) is 17.1. The number of hydrogen-bond donors (Lipinski definition) is 2. The van der Waals surface area contributed by atoms with E-state index in [9.17, 15) is 22.8 Å². The molecule has 2 rings (SSSR count). The average Bonchev–Trinajstić information content (AvgIpc) is 3.25. The number of rotatable bonds is 6. The Morgan fingerprint density at radius 3 is 2.48 bits per heavy atom. The highest BCUT2D eigenvalue weighted by molar-refractivity contribution is 5.79. The molecule has 3 unspecified atom stereocenters. The maximum Gasteiger partial charge on any atom is 0.408 e. The number of ether oxygens (including phenoxy) is 1. The molecule has 126 valence electrons. The minimum Gasteiger partial charge on any atom is -0.480 e. The summed E-state index contributed by atoms with van der Waals surface area (Å²) in [4.78, 5) is 22.7. The van der Waals surface area contributed by atoms with Gasteiger partial charge in [-0.3, -0.25) is 0 Å². The largest absolute Gasteiger partial charge is 0.480 e. The van der Waals surface area contributed by atoms with Gasteiger partial charge in [-0.1, -0.05) is 30.3 Å². The van der Waals surface area contributed by atoms with E-state index >= 15 is 0 Å². The SMILES string of the molecule is O=C(NC(CC1CC1C(F)(F)F)C(=O)O)OCc1ccccc1. The van der Waals surface area contributed by atoms with Crippen LogP contribution in [0.3, 0.4) is 0 Å². The Bertz CT molecular complexity index is 562. The lowest BCUT2D eigenvalue weighted by Crippen LogP contribution is -2.41. The third-order valence-electron chi connectivity index (χ3n) is 3.68. The van der Waals surface area contributed by atoms with E-state index < -0.39 is 36.1 Å². The summed E-state index contributed by atoms with van der Waals surface area (Å²) in [5, 5.41) is 11.1. The number of aliphatic carboxylic acids is 1. The normalized spacial score (nSPS) is 21.3. The van der Waals surface area contributed by atoms with Crippen LogP contribution in [0.5, 0.6) is 0 Å². The Hall–Kier alpha value is -2.25. The predicted octanol–water partition coefficient (Wildman–Crippen LogP) is 2.95. The van der Waals surface area contributed by atoms with Crippen LogP contribution in [0, 0.1) is 11.8 Å². The number of carboxylic acid groups (broad SMARTS) is 1. The number of hydrogen-bond acceptors (Lipinski definition) is 3. The van der Waals surface area contributed by atoms with E-state index in [1.807, 2.05) is 0 Å². The number of alkyl halides is 3. The first-order valence-corrected chi connectivity index (χ1v) is 7.04. The summed E-state index contributed by atoms with van der Waals surface area (Å²) in [6.07, 6.45) is -5.65. The summed E-state index contributed by atoms with van der Waals surface area (Å²) < 4.78 is 42.2. The lowest BCUT2D eigenvalue weighted by molar-refractivity contribution is -0.152. The van der Waals surface area contributed by atoms with Gasteiger partial charge in [0, 0.05) is 0 Å². The van der Waals surface area contributed by atoms with Crippen LogP contribution < -0.4 is 5.32 Å². The van der Waals surface area contributed by atoms with Gasteiger partial charge in [0.25, 0.3) is 0 Å². The number of halogens is 3. The quantitative estimate of drug-likeness (QED) is 0.840. The molecule has 1 aromatic carbocycles. The zero-order valence-electron chi connectivity index (χ0n) is 12.0. The topological polar surface area (TPSA) is 75.6 Å². The monoisotopic (exact) mass is 331 g/mol. The number of alkyl carbamates (subject to hydrolysis) is 1. The van der Waals surface area contributed by atoms with Gasteiger partial charge in [-0.25, -0.2) is 9.59 Å². The standard InChI is InChI=1S/C15H16F3NO4/c16-15(17,18)11-6-10(11)7-12(13(20)21)19-14(22)23-8-9-4-2-1-3-5-9/h1-5,10-12H,6-8H2,(H,19,22)(H,20,21). The fraction of sp³-hybridized carbons (Fsp3) is 0.467.